The van der Waals surface area contributed by atoms with Crippen LogP contribution >= 0.6 is 0 Å². The number of carbonyl (C=O) groups is 1. The maximum Gasteiger partial charge on any atom is 0.276 e. The van der Waals surface area contributed by atoms with Gasteiger partial charge in [-0.15, -0.1) is 15.3 Å². The van der Waals surface area contributed by atoms with E-state index in [1.54, 1.807) is 0 Å². The molecule has 2 saturated heterocycles. The molecule has 2 fully saturated rings. The Morgan fingerprint density at radius 1 is 0.824 bits per heavy atom. The number of anilines is 2. The smallest absolute Gasteiger partial charge is 0.276 e. The molecule has 11 heteroatoms. The van der Waals surface area contributed by atoms with Crippen LogP contribution in [0.15, 0.2) is 48.7 Å². The SMILES string of the molecule is O=C(c1cnn(-c2ccccc2)n1)N1CCN(c2ccc(N3CCN(CCO)CC3)nn2)CC1. The number of β-amino-alcohol motifs (C(OH)–C–C–N with tert-alkyl or cyclic N) is 1. The number of nitrogens with zero attached hydrogens (tertiary/aromatic N) is 9. The summed E-state index contributed by atoms with van der Waals surface area (Å²) < 4.78 is 0. The van der Waals surface area contributed by atoms with Crippen molar-refractivity contribution in [1.82, 2.24) is 35.0 Å². The minimum Gasteiger partial charge on any atom is -0.395 e. The summed E-state index contributed by atoms with van der Waals surface area (Å²) in [4.78, 5) is 22.8. The number of piperazine rings is 2. The fraction of sp³-hybridized carbons (Fsp3) is 0.435. The van der Waals surface area contributed by atoms with Gasteiger partial charge in [-0.2, -0.15) is 9.90 Å². The van der Waals surface area contributed by atoms with Gasteiger partial charge in [0.1, 0.15) is 0 Å². The van der Waals surface area contributed by atoms with Gasteiger partial charge in [-0.3, -0.25) is 9.69 Å². The Morgan fingerprint density at radius 2 is 1.44 bits per heavy atom. The number of amides is 1. The maximum absolute atomic E-state index is 12.9. The molecule has 1 N–H and O–H groups in total. The Morgan fingerprint density at radius 3 is 2.03 bits per heavy atom. The van der Waals surface area contributed by atoms with E-state index in [0.717, 1.165) is 50.0 Å². The minimum atomic E-state index is -0.108. The van der Waals surface area contributed by atoms with Crippen LogP contribution in [0.5, 0.6) is 0 Å². The fourth-order valence-corrected chi connectivity index (χ4v) is 4.34. The molecular weight excluding hydrogens is 434 g/mol. The maximum atomic E-state index is 12.9. The van der Waals surface area contributed by atoms with Gasteiger partial charge < -0.3 is 19.8 Å². The molecule has 11 nitrogen and oxygen atoms in total. The predicted molar refractivity (Wildman–Crippen MR) is 127 cm³/mol. The van der Waals surface area contributed by atoms with Crippen molar-refractivity contribution in [3.8, 4) is 5.69 Å². The molecule has 0 saturated carbocycles. The number of aromatic nitrogens is 5. The third-order valence-electron chi connectivity index (χ3n) is 6.34. The van der Waals surface area contributed by atoms with Gasteiger partial charge in [0, 0.05) is 58.9 Å². The summed E-state index contributed by atoms with van der Waals surface area (Å²) in [6, 6.07) is 13.6. The lowest BCUT2D eigenvalue weighted by Crippen LogP contribution is -2.49. The zero-order valence-corrected chi connectivity index (χ0v) is 19.1. The summed E-state index contributed by atoms with van der Waals surface area (Å²) in [5.41, 5.74) is 1.17. The number of aliphatic hydroxyl groups is 1. The highest BCUT2D eigenvalue weighted by Gasteiger charge is 2.25. The lowest BCUT2D eigenvalue weighted by atomic mass is 10.2. The van der Waals surface area contributed by atoms with E-state index in [2.05, 4.69) is 35.1 Å². The number of rotatable bonds is 6. The van der Waals surface area contributed by atoms with Crippen molar-refractivity contribution in [1.29, 1.82) is 0 Å². The number of benzene rings is 1. The Hall–Kier alpha value is -3.57. The van der Waals surface area contributed by atoms with Crippen molar-refractivity contribution in [2.45, 2.75) is 0 Å². The molecule has 0 spiro atoms. The van der Waals surface area contributed by atoms with Crippen molar-refractivity contribution in [2.75, 3.05) is 75.3 Å². The normalized spacial score (nSPS) is 17.3. The summed E-state index contributed by atoms with van der Waals surface area (Å²) in [7, 11) is 0. The van der Waals surface area contributed by atoms with E-state index in [9.17, 15) is 4.79 Å². The quantitative estimate of drug-likeness (QED) is 0.546. The van der Waals surface area contributed by atoms with Crippen LogP contribution in [0.1, 0.15) is 10.5 Å². The molecule has 1 amide bonds. The summed E-state index contributed by atoms with van der Waals surface area (Å²) in [5, 5.41) is 26.6. The molecule has 5 rings (SSSR count). The third kappa shape index (κ3) is 4.85. The first-order chi connectivity index (χ1) is 16.7. The summed E-state index contributed by atoms with van der Waals surface area (Å²) in [6.07, 6.45) is 1.52. The van der Waals surface area contributed by atoms with Crippen molar-refractivity contribution in [3.05, 3.63) is 54.4 Å². The predicted octanol–water partition coefficient (Wildman–Crippen LogP) is 0.134. The van der Waals surface area contributed by atoms with Gasteiger partial charge in [-0.25, -0.2) is 0 Å². The van der Waals surface area contributed by atoms with Crippen LogP contribution in [0.25, 0.3) is 5.69 Å². The van der Waals surface area contributed by atoms with E-state index >= 15 is 0 Å². The number of para-hydroxylation sites is 1. The van der Waals surface area contributed by atoms with Crippen LogP contribution in [-0.2, 0) is 0 Å². The average Bonchev–Trinajstić information content (AvgIpc) is 3.40. The molecule has 4 heterocycles. The van der Waals surface area contributed by atoms with Crippen LogP contribution in [0, 0.1) is 0 Å². The van der Waals surface area contributed by atoms with E-state index in [4.69, 9.17) is 5.11 Å². The molecule has 0 bridgehead atoms. The van der Waals surface area contributed by atoms with Gasteiger partial charge in [0.2, 0.25) is 0 Å². The number of hydrogen-bond acceptors (Lipinski definition) is 9. The first-order valence-electron chi connectivity index (χ1n) is 11.6. The van der Waals surface area contributed by atoms with Crippen LogP contribution in [0.4, 0.5) is 11.6 Å². The third-order valence-corrected chi connectivity index (χ3v) is 6.34. The first-order valence-corrected chi connectivity index (χ1v) is 11.6. The molecule has 2 aromatic heterocycles. The van der Waals surface area contributed by atoms with Crippen molar-refractivity contribution >= 4 is 17.5 Å². The Bertz CT molecular complexity index is 1070. The van der Waals surface area contributed by atoms with Gasteiger partial charge in [0.25, 0.3) is 5.91 Å². The summed E-state index contributed by atoms with van der Waals surface area (Å²) in [6.45, 7) is 7.06. The number of carbonyl (C=O) groups excluding carboxylic acids is 1. The standard InChI is InChI=1S/C23H29N9O2/c33-17-16-28-8-10-29(11-9-28)21-6-7-22(26-25-21)30-12-14-31(15-13-30)23(34)20-18-24-32(27-20)19-4-2-1-3-5-19/h1-7,18,33H,8-17H2. The Labute approximate surface area is 198 Å². The molecule has 2 aliphatic rings. The molecule has 2 aliphatic heterocycles. The molecule has 0 unspecified atom stereocenters. The number of hydrogen-bond donors (Lipinski definition) is 1. The lowest BCUT2D eigenvalue weighted by Gasteiger charge is -2.36. The summed E-state index contributed by atoms with van der Waals surface area (Å²) in [5.74, 6) is 1.59. The van der Waals surface area contributed by atoms with E-state index < -0.39 is 0 Å². The molecular formula is C23H29N9O2. The highest BCUT2D eigenvalue weighted by molar-refractivity contribution is 5.92. The Balaban J connectivity index is 1.14. The molecule has 0 atom stereocenters. The monoisotopic (exact) mass is 463 g/mol. The highest BCUT2D eigenvalue weighted by atomic mass is 16.3. The molecule has 1 aromatic carbocycles. The fourth-order valence-electron chi connectivity index (χ4n) is 4.34. The lowest BCUT2D eigenvalue weighted by molar-refractivity contribution is 0.0740. The van der Waals surface area contributed by atoms with Crippen LogP contribution < -0.4 is 9.80 Å². The molecule has 3 aromatic rings. The van der Waals surface area contributed by atoms with E-state index in [-0.39, 0.29) is 12.5 Å². The van der Waals surface area contributed by atoms with Gasteiger partial charge in [0.15, 0.2) is 17.3 Å². The van der Waals surface area contributed by atoms with Crippen molar-refractivity contribution in [2.24, 2.45) is 0 Å². The second-order valence-electron chi connectivity index (χ2n) is 8.44. The largest absolute Gasteiger partial charge is 0.395 e. The summed E-state index contributed by atoms with van der Waals surface area (Å²) >= 11 is 0. The Kier molecular flexibility index (Phi) is 6.63. The number of aliphatic hydroxyl groups excluding tert-OH is 1. The second kappa shape index (κ2) is 10.1. The van der Waals surface area contributed by atoms with Gasteiger partial charge >= 0.3 is 0 Å². The molecule has 178 valence electrons. The zero-order chi connectivity index (χ0) is 23.3. The van der Waals surface area contributed by atoms with Crippen LogP contribution in [0.3, 0.4) is 0 Å². The van der Waals surface area contributed by atoms with Crippen molar-refractivity contribution < 1.29 is 9.90 Å². The molecule has 0 aliphatic carbocycles. The minimum absolute atomic E-state index is 0.108. The highest BCUT2D eigenvalue weighted by Crippen LogP contribution is 2.18. The van der Waals surface area contributed by atoms with Gasteiger partial charge in [-0.1, -0.05) is 18.2 Å². The van der Waals surface area contributed by atoms with E-state index in [1.807, 2.05) is 47.4 Å². The molecule has 34 heavy (non-hydrogen) atoms. The topological polar surface area (TPSA) is 107 Å². The molecule has 0 radical (unpaired) electrons. The second-order valence-corrected chi connectivity index (χ2v) is 8.44. The van der Waals surface area contributed by atoms with Gasteiger partial charge in [0.05, 0.1) is 18.5 Å². The van der Waals surface area contributed by atoms with Crippen LogP contribution in [0.2, 0.25) is 0 Å². The zero-order valence-electron chi connectivity index (χ0n) is 19.1. The van der Waals surface area contributed by atoms with E-state index in [1.165, 1.54) is 11.0 Å². The average molecular weight is 464 g/mol. The van der Waals surface area contributed by atoms with Crippen molar-refractivity contribution in [3.63, 3.8) is 0 Å². The van der Waals surface area contributed by atoms with Crippen LogP contribution in [-0.4, -0.2) is 112 Å². The van der Waals surface area contributed by atoms with Gasteiger partial charge in [-0.05, 0) is 24.3 Å². The first kappa shape index (κ1) is 22.2. The van der Waals surface area contributed by atoms with E-state index in [0.29, 0.717) is 31.9 Å².